The van der Waals surface area contributed by atoms with Gasteiger partial charge in [0.2, 0.25) is 0 Å². The van der Waals surface area contributed by atoms with Gasteiger partial charge in [-0.2, -0.15) is 0 Å². The van der Waals surface area contributed by atoms with Gasteiger partial charge >= 0.3 is 0 Å². The lowest BCUT2D eigenvalue weighted by Crippen LogP contribution is -2.17. The molecular formula is C126H78N4O4. The van der Waals surface area contributed by atoms with Crippen molar-refractivity contribution in [3.05, 3.63) is 428 Å². The molecule has 0 radical (unpaired) electrons. The average molecular weight is 1710 g/mol. The summed E-state index contributed by atoms with van der Waals surface area (Å²) in [5.74, 6) is 0. The van der Waals surface area contributed by atoms with Crippen LogP contribution < -0.4 is 16.7 Å². The molecule has 3 aliphatic carbocycles. The average Bonchev–Trinajstić information content (AvgIpc) is 1.53. The van der Waals surface area contributed by atoms with Crippen LogP contribution in [0.1, 0.15) is 74.9 Å². The molecule has 0 bridgehead atoms. The molecule has 8 heterocycles. The summed E-state index contributed by atoms with van der Waals surface area (Å²) in [7, 11) is 0. The maximum atomic E-state index is 15.9. The van der Waals surface area contributed by atoms with E-state index in [-0.39, 0.29) is 27.5 Å². The number of benzene rings is 19. The third-order valence-electron chi connectivity index (χ3n) is 31.7. The van der Waals surface area contributed by atoms with Crippen LogP contribution in [0.5, 0.6) is 0 Å². The van der Waals surface area contributed by atoms with Gasteiger partial charge in [0.15, 0.2) is 0 Å². The number of furan rings is 1. The Hall–Kier alpha value is -16.8. The van der Waals surface area contributed by atoms with Crippen LogP contribution in [0.2, 0.25) is 0 Å². The molecule has 0 spiro atoms. The zero-order chi connectivity index (χ0) is 88.9. The SMILES string of the molecule is CC1(C)c2ccccc2-c2cc3c4cc(-c5cccc(-c6ccc(-c7cccc8c7C(C)(C)c7cc9c(cc7-8)c7cc(-c8ccc%10c(c8)c8ccccc8n%10-c8ccc(-c%10ccc%11c(c%10)c(=O)n%10c%12cc%13c(cc%12c%12cc(-c%14cccc%15c%14oc%14ccccc%14%15)cc%11c%12%10)-c%10ccccc%10C%13(C)C)cc8)cc8c%10ccccc%10c(=O)n9c87)cc6)c5)cc5c6ccccc6c(=O)n(c3cc21)c54. The van der Waals surface area contributed by atoms with Crippen LogP contribution in [0.3, 0.4) is 0 Å². The molecule has 0 N–H and O–H groups in total. The maximum Gasteiger partial charge on any atom is 0.263 e. The standard InChI is InChI=1S/C126H78N4O4/c1-124(2)105-36-15-11-26-83(105)91-61-95-101-57-74(55-98-80-24-7-9-30-89(80)121(131)128(117(98)101)112(95)64-107(91)124)71-23-19-22-70(52-71)67-40-42-69(43-41-67)78-32-20-34-87-93-63-97-102-58-75(56-99-81-25-8-10-31-90(81)122(132)129(118(99)102)114(97)66-109(93)126(5,6)116(78)87)73-47-51-111-94(53-73)85-28-13-17-38-110(85)127(111)77-48-44-68(45-49-77)72-46-50-82-100-59-76(79-33-21-35-88-86-29-14-18-39-115(86)134-120(79)88)60-103-96-62-92-84-27-12-16-37-106(84)125(3,4)108(92)65-113(96)130(119(100)103)123(133)104(82)54-72/h7-66H,1-6H3. The predicted molar refractivity (Wildman–Crippen MR) is 556 cm³/mol. The minimum atomic E-state index is -0.443. The molecule has 626 valence electrons. The second-order valence-electron chi connectivity index (χ2n) is 39.5. The number of rotatable bonds is 7. The summed E-state index contributed by atoms with van der Waals surface area (Å²) in [6.45, 7) is 13.9. The molecule has 0 aliphatic heterocycles. The van der Waals surface area contributed by atoms with E-state index >= 15 is 9.59 Å². The summed E-state index contributed by atoms with van der Waals surface area (Å²) in [5.41, 5.74) is 37.2. The zero-order valence-corrected chi connectivity index (χ0v) is 74.1. The van der Waals surface area contributed by atoms with Crippen LogP contribution in [0, 0.1) is 0 Å². The molecule has 0 unspecified atom stereocenters. The lowest BCUT2D eigenvalue weighted by Gasteiger charge is -2.24. The van der Waals surface area contributed by atoms with Crippen molar-refractivity contribution in [2.45, 2.75) is 57.8 Å². The van der Waals surface area contributed by atoms with Crippen LogP contribution >= 0.6 is 0 Å². The molecule has 0 fully saturated rings. The lowest BCUT2D eigenvalue weighted by molar-refractivity contribution is 0.661. The van der Waals surface area contributed by atoms with Gasteiger partial charge in [-0.25, -0.2) is 0 Å². The van der Waals surface area contributed by atoms with Crippen LogP contribution in [0.25, 0.3) is 263 Å². The first kappa shape index (κ1) is 74.0. The van der Waals surface area contributed by atoms with E-state index in [9.17, 15) is 4.79 Å². The van der Waals surface area contributed by atoms with Crippen LogP contribution in [0.15, 0.2) is 383 Å². The second kappa shape index (κ2) is 25.6. The fourth-order valence-corrected chi connectivity index (χ4v) is 25.4. The first-order chi connectivity index (χ1) is 65.4. The summed E-state index contributed by atoms with van der Waals surface area (Å²) < 4.78 is 15.1. The number of nitrogens with zero attached hydrogens (tertiary/aromatic N) is 4. The molecular weight excluding hydrogens is 1630 g/mol. The minimum absolute atomic E-state index is 0.0114. The normalized spacial score (nSPS) is 14.2. The summed E-state index contributed by atoms with van der Waals surface area (Å²) in [4.78, 5) is 46.1. The number of pyridine rings is 3. The van der Waals surface area contributed by atoms with Gasteiger partial charge in [-0.15, -0.1) is 0 Å². The highest BCUT2D eigenvalue weighted by atomic mass is 16.3. The predicted octanol–water partition coefficient (Wildman–Crippen LogP) is 31.1. The summed E-state index contributed by atoms with van der Waals surface area (Å²) in [5, 5.41) is 18.7. The number of fused-ring (bicyclic) bond motifs is 30. The molecule has 0 atom stereocenters. The van der Waals surface area contributed by atoms with E-state index in [0.717, 1.165) is 208 Å². The van der Waals surface area contributed by atoms with Gasteiger partial charge in [-0.05, 0) is 278 Å². The van der Waals surface area contributed by atoms with Gasteiger partial charge in [0.1, 0.15) is 11.2 Å². The van der Waals surface area contributed by atoms with Crippen molar-refractivity contribution in [2.24, 2.45) is 0 Å². The van der Waals surface area contributed by atoms with Crippen molar-refractivity contribution in [3.63, 3.8) is 0 Å². The Balaban J connectivity index is 0.507. The minimum Gasteiger partial charge on any atom is -0.455 e. The highest BCUT2D eigenvalue weighted by Gasteiger charge is 2.42. The first-order valence-electron chi connectivity index (χ1n) is 46.5. The molecule has 0 saturated heterocycles. The molecule has 30 rings (SSSR count). The van der Waals surface area contributed by atoms with Gasteiger partial charge in [0.05, 0.1) is 44.1 Å². The Labute approximate surface area is 766 Å². The van der Waals surface area contributed by atoms with E-state index in [4.69, 9.17) is 4.42 Å². The van der Waals surface area contributed by atoms with Gasteiger partial charge in [0, 0.05) is 114 Å². The Morgan fingerprint density at radius 2 is 0.567 bits per heavy atom. The molecule has 134 heavy (non-hydrogen) atoms. The fourth-order valence-electron chi connectivity index (χ4n) is 25.4. The number of para-hydroxylation sites is 3. The molecule has 8 heteroatoms. The van der Waals surface area contributed by atoms with Gasteiger partial charge < -0.3 is 8.98 Å². The van der Waals surface area contributed by atoms with E-state index in [1.807, 2.05) is 55.7 Å². The van der Waals surface area contributed by atoms with Crippen LogP contribution in [-0.2, 0) is 16.2 Å². The van der Waals surface area contributed by atoms with Crippen molar-refractivity contribution in [2.75, 3.05) is 0 Å². The van der Waals surface area contributed by atoms with Crippen molar-refractivity contribution < 1.29 is 4.42 Å². The molecule has 19 aromatic carbocycles. The van der Waals surface area contributed by atoms with Crippen molar-refractivity contribution in [1.82, 2.24) is 17.8 Å². The quantitative estimate of drug-likeness (QED) is 0.149. The van der Waals surface area contributed by atoms with Crippen molar-refractivity contribution in [1.29, 1.82) is 0 Å². The molecule has 8 nitrogen and oxygen atoms in total. The fraction of sp³-hybridized carbons (Fsp3) is 0.0714. The Bertz CT molecular complexity index is 10300. The van der Waals surface area contributed by atoms with E-state index in [1.165, 1.54) is 72.3 Å². The van der Waals surface area contributed by atoms with E-state index in [1.54, 1.807) is 0 Å². The highest BCUT2D eigenvalue weighted by Crippen LogP contribution is 2.58. The molecule has 3 aliphatic rings. The summed E-state index contributed by atoms with van der Waals surface area (Å²) >= 11 is 0. The number of hydrogen-bond donors (Lipinski definition) is 0. The number of aromatic nitrogens is 4. The topological polar surface area (TPSA) is 82.5 Å². The molecule has 0 saturated carbocycles. The maximum absolute atomic E-state index is 15.9. The second-order valence-corrected chi connectivity index (χ2v) is 39.5. The Kier molecular flexibility index (Phi) is 14.2. The van der Waals surface area contributed by atoms with Gasteiger partial charge in [-0.3, -0.25) is 27.6 Å². The largest absolute Gasteiger partial charge is 0.455 e. The third kappa shape index (κ3) is 9.52. The summed E-state index contributed by atoms with van der Waals surface area (Å²) in [6.07, 6.45) is 0. The number of hydrogen-bond acceptors (Lipinski definition) is 4. The zero-order valence-electron chi connectivity index (χ0n) is 74.1. The lowest BCUT2D eigenvalue weighted by atomic mass is 9.78. The molecule has 0 amide bonds. The Morgan fingerprint density at radius 3 is 1.16 bits per heavy atom. The van der Waals surface area contributed by atoms with Crippen molar-refractivity contribution in [3.8, 4) is 106 Å². The van der Waals surface area contributed by atoms with Gasteiger partial charge in [-0.1, -0.05) is 272 Å². The van der Waals surface area contributed by atoms with Gasteiger partial charge in [0.25, 0.3) is 16.7 Å². The third-order valence-corrected chi connectivity index (χ3v) is 31.7. The first-order valence-corrected chi connectivity index (χ1v) is 46.5. The molecule has 8 aromatic heterocycles. The smallest absolute Gasteiger partial charge is 0.263 e. The van der Waals surface area contributed by atoms with E-state index in [0.29, 0.717) is 16.2 Å². The summed E-state index contributed by atoms with van der Waals surface area (Å²) in [6, 6.07) is 132. The highest BCUT2D eigenvalue weighted by molar-refractivity contribution is 6.27. The monoisotopic (exact) mass is 1710 g/mol. The molecule has 27 aromatic rings. The van der Waals surface area contributed by atoms with Crippen LogP contribution in [-0.4, -0.2) is 17.8 Å². The van der Waals surface area contributed by atoms with E-state index in [2.05, 4.69) is 368 Å². The van der Waals surface area contributed by atoms with Crippen LogP contribution in [0.4, 0.5) is 0 Å². The Morgan fingerprint density at radius 1 is 0.201 bits per heavy atom. The van der Waals surface area contributed by atoms with Crippen molar-refractivity contribution >= 4 is 158 Å². The van der Waals surface area contributed by atoms with E-state index < -0.39 is 5.41 Å².